The Morgan fingerprint density at radius 3 is 2.71 bits per heavy atom. The first kappa shape index (κ1) is 11.6. The van der Waals surface area contributed by atoms with Crippen molar-refractivity contribution in [2.24, 2.45) is 5.73 Å². The minimum atomic E-state index is -1.20. The van der Waals surface area contributed by atoms with Crippen LogP contribution in [-0.2, 0) is 0 Å². The van der Waals surface area contributed by atoms with Gasteiger partial charge in [0.2, 0.25) is 0 Å². The van der Waals surface area contributed by atoms with Crippen molar-refractivity contribution in [1.82, 2.24) is 0 Å². The van der Waals surface area contributed by atoms with Crippen molar-refractivity contribution in [3.63, 3.8) is 0 Å². The molecule has 0 aliphatic heterocycles. The van der Waals surface area contributed by atoms with E-state index in [9.17, 15) is 9.50 Å². The molecular formula is C9H11BrFNO2. The molecule has 0 bridgehead atoms. The quantitative estimate of drug-likeness (QED) is 0.761. The Hall–Kier alpha value is -0.490. The molecule has 0 radical (unpaired) electrons. The summed E-state index contributed by atoms with van der Waals surface area (Å²) >= 11 is 3.15. The molecule has 0 fully saturated rings. The van der Waals surface area contributed by atoms with E-state index in [0.717, 1.165) is 0 Å². The average molecular weight is 264 g/mol. The molecule has 78 valence electrons. The number of rotatable bonds is 3. The molecule has 0 aliphatic rings. The Balaban J connectivity index is 2.99. The highest BCUT2D eigenvalue weighted by molar-refractivity contribution is 9.10. The molecule has 1 aromatic rings. The lowest BCUT2D eigenvalue weighted by molar-refractivity contribution is 0.106. The molecule has 5 heteroatoms. The molecule has 1 rings (SSSR count). The number of nitrogens with two attached hydrogens (primary N) is 1. The summed E-state index contributed by atoms with van der Waals surface area (Å²) in [6.07, 6.45) is -1.20. The minimum absolute atomic E-state index is 0.0842. The first-order valence-electron chi connectivity index (χ1n) is 4.05. The fraction of sp³-hybridized carbons (Fsp3) is 0.333. The third-order valence-electron chi connectivity index (χ3n) is 1.89. The van der Waals surface area contributed by atoms with Gasteiger partial charge in [-0.05, 0) is 18.2 Å². The molecule has 0 saturated carbocycles. The minimum Gasteiger partial charge on any atom is -0.395 e. The van der Waals surface area contributed by atoms with Crippen LogP contribution in [0.4, 0.5) is 4.39 Å². The van der Waals surface area contributed by atoms with Crippen LogP contribution >= 0.6 is 15.9 Å². The molecule has 14 heavy (non-hydrogen) atoms. The standard InChI is InChI=1S/C9H11BrFNO2/c10-5-1-2-7(11)6(3-5)9(14)8(12)4-13/h1-3,8-9,13-14H,4,12H2. The summed E-state index contributed by atoms with van der Waals surface area (Å²) in [6.45, 7) is -0.396. The van der Waals surface area contributed by atoms with E-state index in [1.807, 2.05) is 0 Å². The van der Waals surface area contributed by atoms with Crippen molar-refractivity contribution in [1.29, 1.82) is 0 Å². The second-order valence-electron chi connectivity index (χ2n) is 2.96. The van der Waals surface area contributed by atoms with E-state index in [2.05, 4.69) is 15.9 Å². The highest BCUT2D eigenvalue weighted by atomic mass is 79.9. The lowest BCUT2D eigenvalue weighted by Crippen LogP contribution is -2.32. The maximum atomic E-state index is 13.2. The molecule has 0 heterocycles. The normalized spacial score (nSPS) is 15.2. The van der Waals surface area contributed by atoms with E-state index in [0.29, 0.717) is 4.47 Å². The topological polar surface area (TPSA) is 66.5 Å². The number of halogens is 2. The number of aliphatic hydroxyl groups is 2. The number of benzene rings is 1. The van der Waals surface area contributed by atoms with Crippen molar-refractivity contribution in [3.8, 4) is 0 Å². The summed E-state index contributed by atoms with van der Waals surface area (Å²) in [6, 6.07) is 3.32. The Morgan fingerprint density at radius 2 is 2.14 bits per heavy atom. The van der Waals surface area contributed by atoms with E-state index in [1.165, 1.54) is 18.2 Å². The van der Waals surface area contributed by atoms with Gasteiger partial charge >= 0.3 is 0 Å². The van der Waals surface area contributed by atoms with Crippen LogP contribution in [0.25, 0.3) is 0 Å². The van der Waals surface area contributed by atoms with Crippen LogP contribution in [0.2, 0.25) is 0 Å². The first-order valence-corrected chi connectivity index (χ1v) is 4.85. The molecule has 1 aromatic carbocycles. The molecular weight excluding hydrogens is 253 g/mol. The Kier molecular flexibility index (Phi) is 4.00. The van der Waals surface area contributed by atoms with Gasteiger partial charge in [0.1, 0.15) is 5.82 Å². The third-order valence-corrected chi connectivity index (χ3v) is 2.39. The maximum Gasteiger partial charge on any atom is 0.129 e. The third kappa shape index (κ3) is 2.51. The van der Waals surface area contributed by atoms with Crippen LogP contribution in [0, 0.1) is 5.82 Å². The van der Waals surface area contributed by atoms with Gasteiger partial charge in [-0.2, -0.15) is 0 Å². The van der Waals surface area contributed by atoms with Gasteiger partial charge in [0, 0.05) is 10.0 Å². The van der Waals surface area contributed by atoms with Gasteiger partial charge < -0.3 is 15.9 Å². The summed E-state index contributed by atoms with van der Waals surface area (Å²) in [5, 5.41) is 18.3. The van der Waals surface area contributed by atoms with E-state index in [1.54, 1.807) is 0 Å². The van der Waals surface area contributed by atoms with Gasteiger partial charge in [-0.3, -0.25) is 0 Å². The summed E-state index contributed by atoms with van der Waals surface area (Å²) in [4.78, 5) is 0. The predicted molar refractivity (Wildman–Crippen MR) is 54.1 cm³/mol. The average Bonchev–Trinajstić information content (AvgIpc) is 2.19. The fourth-order valence-corrected chi connectivity index (χ4v) is 1.45. The summed E-state index contributed by atoms with van der Waals surface area (Å²) < 4.78 is 13.8. The smallest absolute Gasteiger partial charge is 0.129 e. The van der Waals surface area contributed by atoms with Crippen LogP contribution in [-0.4, -0.2) is 22.9 Å². The number of hydrogen-bond acceptors (Lipinski definition) is 3. The van der Waals surface area contributed by atoms with E-state index >= 15 is 0 Å². The van der Waals surface area contributed by atoms with Crippen molar-refractivity contribution in [3.05, 3.63) is 34.1 Å². The molecule has 0 aliphatic carbocycles. The molecule has 0 spiro atoms. The molecule has 4 N–H and O–H groups in total. The second-order valence-corrected chi connectivity index (χ2v) is 3.87. The van der Waals surface area contributed by atoms with E-state index in [-0.39, 0.29) is 5.56 Å². The van der Waals surface area contributed by atoms with E-state index < -0.39 is 24.6 Å². The number of hydrogen-bond donors (Lipinski definition) is 3. The van der Waals surface area contributed by atoms with Crippen LogP contribution < -0.4 is 5.73 Å². The fourth-order valence-electron chi connectivity index (χ4n) is 1.07. The lowest BCUT2D eigenvalue weighted by atomic mass is 10.0. The summed E-state index contributed by atoms with van der Waals surface area (Å²) in [5.74, 6) is -0.537. The van der Waals surface area contributed by atoms with Gasteiger partial charge in [-0.25, -0.2) is 4.39 Å². The Bertz CT molecular complexity index is 322. The van der Waals surface area contributed by atoms with Gasteiger partial charge in [-0.1, -0.05) is 15.9 Å². The Morgan fingerprint density at radius 1 is 1.50 bits per heavy atom. The molecule has 2 atom stereocenters. The zero-order valence-corrected chi connectivity index (χ0v) is 8.91. The summed E-state index contributed by atoms with van der Waals surface area (Å²) in [7, 11) is 0. The highest BCUT2D eigenvalue weighted by Gasteiger charge is 2.19. The van der Waals surface area contributed by atoms with Crippen LogP contribution in [0.15, 0.2) is 22.7 Å². The number of aliphatic hydroxyl groups excluding tert-OH is 2. The zero-order valence-electron chi connectivity index (χ0n) is 7.32. The molecule has 0 amide bonds. The largest absolute Gasteiger partial charge is 0.395 e. The van der Waals surface area contributed by atoms with Crippen LogP contribution in [0.1, 0.15) is 11.7 Å². The molecule has 2 unspecified atom stereocenters. The van der Waals surface area contributed by atoms with Crippen molar-refractivity contribution < 1.29 is 14.6 Å². The predicted octanol–water partition coefficient (Wildman–Crippen LogP) is 0.941. The monoisotopic (exact) mass is 263 g/mol. The molecule has 3 nitrogen and oxygen atoms in total. The SMILES string of the molecule is NC(CO)C(O)c1cc(Br)ccc1F. The summed E-state index contributed by atoms with van der Waals surface area (Å²) in [5.41, 5.74) is 5.47. The maximum absolute atomic E-state index is 13.2. The zero-order chi connectivity index (χ0) is 10.7. The van der Waals surface area contributed by atoms with Gasteiger partial charge in [-0.15, -0.1) is 0 Å². The Labute approximate surface area is 89.5 Å². The molecule has 0 aromatic heterocycles. The second kappa shape index (κ2) is 4.84. The lowest BCUT2D eigenvalue weighted by Gasteiger charge is -2.17. The van der Waals surface area contributed by atoms with Crippen molar-refractivity contribution >= 4 is 15.9 Å². The van der Waals surface area contributed by atoms with Crippen LogP contribution in [0.5, 0.6) is 0 Å². The first-order chi connectivity index (χ1) is 6.56. The van der Waals surface area contributed by atoms with Crippen molar-refractivity contribution in [2.75, 3.05) is 6.61 Å². The van der Waals surface area contributed by atoms with Gasteiger partial charge in [0.15, 0.2) is 0 Å². The van der Waals surface area contributed by atoms with E-state index in [4.69, 9.17) is 10.8 Å². The van der Waals surface area contributed by atoms with Gasteiger partial charge in [0.25, 0.3) is 0 Å². The molecule has 0 saturated heterocycles. The van der Waals surface area contributed by atoms with Crippen LogP contribution in [0.3, 0.4) is 0 Å². The highest BCUT2D eigenvalue weighted by Crippen LogP contribution is 2.23. The van der Waals surface area contributed by atoms with Crippen molar-refractivity contribution in [2.45, 2.75) is 12.1 Å². The van der Waals surface area contributed by atoms with Gasteiger partial charge in [0.05, 0.1) is 18.8 Å².